The summed E-state index contributed by atoms with van der Waals surface area (Å²) in [4.78, 5) is 0. The van der Waals surface area contributed by atoms with Gasteiger partial charge in [-0.3, -0.25) is 0 Å². The van der Waals surface area contributed by atoms with Crippen molar-refractivity contribution in [3.8, 4) is 11.3 Å². The zero-order valence-corrected chi connectivity index (χ0v) is 16.1. The van der Waals surface area contributed by atoms with Crippen molar-refractivity contribution < 1.29 is 14.6 Å². The Balaban J connectivity index is 0.00000280. The average molecular weight is 407 g/mol. The van der Waals surface area contributed by atoms with Crippen molar-refractivity contribution in [3.05, 3.63) is 71.7 Å². The van der Waals surface area contributed by atoms with Crippen LogP contribution in [0.15, 0.2) is 54.7 Å². The molecule has 0 aliphatic rings. The third-order valence-corrected chi connectivity index (χ3v) is 4.59. The SMILES string of the molecule is Cl.NC(CO)(CO)CCc1ccc(-c2cn(Cc3ccc(F)cc3)nn2)cc1. The van der Waals surface area contributed by atoms with Gasteiger partial charge in [-0.1, -0.05) is 41.6 Å². The lowest BCUT2D eigenvalue weighted by Gasteiger charge is -2.24. The molecule has 6 nitrogen and oxygen atoms in total. The zero-order chi connectivity index (χ0) is 19.3. The third-order valence-electron chi connectivity index (χ3n) is 4.59. The van der Waals surface area contributed by atoms with Crippen molar-refractivity contribution >= 4 is 12.4 Å². The predicted molar refractivity (Wildman–Crippen MR) is 108 cm³/mol. The number of aliphatic hydroxyl groups is 2. The molecule has 4 N–H and O–H groups in total. The largest absolute Gasteiger partial charge is 0.394 e. The average Bonchev–Trinajstić information content (AvgIpc) is 3.17. The standard InChI is InChI=1S/C20H23FN4O2.ClH/c21-18-7-3-16(4-8-18)11-25-12-19(23-24-25)17-5-1-15(2-6-17)9-10-20(22,13-26)14-27;/h1-8,12,26-27H,9-11,13-14,22H2;1H. The van der Waals surface area contributed by atoms with E-state index in [1.54, 1.807) is 16.8 Å². The molecule has 8 heteroatoms. The second-order valence-corrected chi connectivity index (χ2v) is 6.80. The van der Waals surface area contributed by atoms with E-state index < -0.39 is 5.54 Å². The predicted octanol–water partition coefficient (Wildman–Crippen LogP) is 2.17. The van der Waals surface area contributed by atoms with Gasteiger partial charge in [-0.2, -0.15) is 0 Å². The van der Waals surface area contributed by atoms with Crippen LogP contribution in [0.4, 0.5) is 4.39 Å². The summed E-state index contributed by atoms with van der Waals surface area (Å²) in [6.45, 7) is 0.0176. The first-order valence-electron chi connectivity index (χ1n) is 8.76. The molecule has 150 valence electrons. The number of nitrogens with zero attached hydrogens (tertiary/aromatic N) is 3. The zero-order valence-electron chi connectivity index (χ0n) is 15.3. The van der Waals surface area contributed by atoms with Gasteiger partial charge in [0, 0.05) is 5.56 Å². The summed E-state index contributed by atoms with van der Waals surface area (Å²) in [5.41, 5.74) is 8.64. The smallest absolute Gasteiger partial charge is 0.123 e. The van der Waals surface area contributed by atoms with Gasteiger partial charge in [0.2, 0.25) is 0 Å². The number of aryl methyl sites for hydroxylation is 1. The summed E-state index contributed by atoms with van der Waals surface area (Å²) in [6, 6.07) is 14.2. The molecule has 1 aromatic heterocycles. The summed E-state index contributed by atoms with van der Waals surface area (Å²) in [5, 5.41) is 26.8. The number of aromatic nitrogens is 3. The molecule has 0 bridgehead atoms. The van der Waals surface area contributed by atoms with Gasteiger partial charge in [-0.25, -0.2) is 9.07 Å². The van der Waals surface area contributed by atoms with Gasteiger partial charge in [-0.15, -0.1) is 17.5 Å². The van der Waals surface area contributed by atoms with Crippen LogP contribution in [-0.4, -0.2) is 44.0 Å². The summed E-state index contributed by atoms with van der Waals surface area (Å²) >= 11 is 0. The Hall–Kier alpha value is -2.32. The van der Waals surface area contributed by atoms with Crippen LogP contribution in [0.25, 0.3) is 11.3 Å². The van der Waals surface area contributed by atoms with E-state index in [9.17, 15) is 14.6 Å². The Bertz CT molecular complexity index is 865. The highest BCUT2D eigenvalue weighted by Gasteiger charge is 2.22. The molecular weight excluding hydrogens is 383 g/mol. The topological polar surface area (TPSA) is 97.2 Å². The number of hydrogen-bond donors (Lipinski definition) is 3. The summed E-state index contributed by atoms with van der Waals surface area (Å²) in [5.74, 6) is -0.261. The molecule has 0 unspecified atom stereocenters. The monoisotopic (exact) mass is 406 g/mol. The maximum Gasteiger partial charge on any atom is 0.123 e. The van der Waals surface area contributed by atoms with Gasteiger partial charge in [0.15, 0.2) is 0 Å². The number of rotatable bonds is 8. The number of halogens is 2. The maximum absolute atomic E-state index is 13.0. The molecule has 0 aliphatic carbocycles. The van der Waals surface area contributed by atoms with Crippen molar-refractivity contribution in [2.24, 2.45) is 5.73 Å². The Kier molecular flexibility index (Phi) is 7.65. The number of nitrogens with two attached hydrogens (primary N) is 1. The molecule has 2 aromatic carbocycles. The Labute approximate surface area is 169 Å². The van der Waals surface area contributed by atoms with E-state index >= 15 is 0 Å². The minimum absolute atomic E-state index is 0. The fourth-order valence-electron chi connectivity index (χ4n) is 2.73. The highest BCUT2D eigenvalue weighted by atomic mass is 35.5. The normalized spacial score (nSPS) is 11.3. The van der Waals surface area contributed by atoms with Crippen LogP contribution in [0.1, 0.15) is 17.5 Å². The van der Waals surface area contributed by atoms with E-state index in [2.05, 4.69) is 10.3 Å². The van der Waals surface area contributed by atoms with Crippen molar-refractivity contribution in [2.75, 3.05) is 13.2 Å². The van der Waals surface area contributed by atoms with Gasteiger partial charge in [-0.05, 0) is 36.1 Å². The molecule has 0 saturated carbocycles. The molecule has 3 aromatic rings. The van der Waals surface area contributed by atoms with Crippen molar-refractivity contribution in [1.29, 1.82) is 0 Å². The lowest BCUT2D eigenvalue weighted by atomic mass is 9.93. The van der Waals surface area contributed by atoms with Gasteiger partial charge < -0.3 is 15.9 Å². The lowest BCUT2D eigenvalue weighted by molar-refractivity contribution is 0.115. The number of hydrogen-bond acceptors (Lipinski definition) is 5. The van der Waals surface area contributed by atoms with Crippen molar-refractivity contribution in [3.63, 3.8) is 0 Å². The second kappa shape index (κ2) is 9.75. The number of benzene rings is 2. The Morgan fingerprint density at radius 1 is 0.964 bits per heavy atom. The van der Waals surface area contributed by atoms with Crippen LogP contribution < -0.4 is 5.73 Å². The van der Waals surface area contributed by atoms with Crippen LogP contribution in [0, 0.1) is 5.82 Å². The van der Waals surface area contributed by atoms with E-state index in [4.69, 9.17) is 5.73 Å². The quantitative estimate of drug-likeness (QED) is 0.532. The van der Waals surface area contributed by atoms with E-state index in [0.29, 0.717) is 19.4 Å². The van der Waals surface area contributed by atoms with E-state index in [1.165, 1.54) is 12.1 Å². The van der Waals surface area contributed by atoms with Crippen LogP contribution in [0.5, 0.6) is 0 Å². The first kappa shape index (κ1) is 22.0. The van der Waals surface area contributed by atoms with Gasteiger partial charge in [0.25, 0.3) is 0 Å². The summed E-state index contributed by atoms with van der Waals surface area (Å²) in [7, 11) is 0. The molecule has 0 atom stereocenters. The fraction of sp³-hybridized carbons (Fsp3) is 0.300. The minimum atomic E-state index is -0.957. The number of aliphatic hydroxyl groups excluding tert-OH is 2. The first-order chi connectivity index (χ1) is 13.0. The molecule has 0 saturated heterocycles. The molecule has 0 amide bonds. The molecule has 1 heterocycles. The molecular formula is C20H24ClFN4O2. The van der Waals surface area contributed by atoms with Crippen LogP contribution >= 0.6 is 12.4 Å². The molecule has 0 aliphatic heterocycles. The minimum Gasteiger partial charge on any atom is -0.394 e. The lowest BCUT2D eigenvalue weighted by Crippen LogP contribution is -2.47. The molecule has 28 heavy (non-hydrogen) atoms. The highest BCUT2D eigenvalue weighted by Crippen LogP contribution is 2.19. The molecule has 0 radical (unpaired) electrons. The highest BCUT2D eigenvalue weighted by molar-refractivity contribution is 5.85. The molecule has 3 rings (SSSR count). The van der Waals surface area contributed by atoms with Crippen LogP contribution in [0.2, 0.25) is 0 Å². The first-order valence-corrected chi connectivity index (χ1v) is 8.76. The van der Waals surface area contributed by atoms with Gasteiger partial charge in [0.1, 0.15) is 11.5 Å². The van der Waals surface area contributed by atoms with E-state index in [0.717, 1.165) is 22.4 Å². The van der Waals surface area contributed by atoms with E-state index in [1.807, 2.05) is 30.5 Å². The van der Waals surface area contributed by atoms with Gasteiger partial charge in [0.05, 0.1) is 31.5 Å². The van der Waals surface area contributed by atoms with E-state index in [-0.39, 0.29) is 31.4 Å². The second-order valence-electron chi connectivity index (χ2n) is 6.80. The van der Waals surface area contributed by atoms with Gasteiger partial charge >= 0.3 is 0 Å². The van der Waals surface area contributed by atoms with Crippen molar-refractivity contribution in [1.82, 2.24) is 15.0 Å². The third kappa shape index (κ3) is 5.59. The summed E-state index contributed by atoms with van der Waals surface area (Å²) < 4.78 is 14.7. The Morgan fingerprint density at radius 3 is 2.18 bits per heavy atom. The molecule has 0 fully saturated rings. The fourth-order valence-corrected chi connectivity index (χ4v) is 2.73. The Morgan fingerprint density at radius 2 is 1.57 bits per heavy atom. The summed E-state index contributed by atoms with van der Waals surface area (Å²) in [6.07, 6.45) is 3.00. The van der Waals surface area contributed by atoms with Crippen LogP contribution in [0.3, 0.4) is 0 Å². The maximum atomic E-state index is 13.0. The van der Waals surface area contributed by atoms with Crippen LogP contribution in [-0.2, 0) is 13.0 Å². The molecule has 0 spiro atoms. The van der Waals surface area contributed by atoms with Crippen molar-refractivity contribution in [2.45, 2.75) is 24.9 Å².